The van der Waals surface area contributed by atoms with Crippen LogP contribution < -0.4 is 0 Å². The van der Waals surface area contributed by atoms with Crippen molar-refractivity contribution in [1.82, 2.24) is 0 Å². The summed E-state index contributed by atoms with van der Waals surface area (Å²) < 4.78 is 0. The van der Waals surface area contributed by atoms with E-state index in [1.165, 1.54) is 11.1 Å². The molecule has 0 saturated heterocycles. The number of rotatable bonds is 6. The summed E-state index contributed by atoms with van der Waals surface area (Å²) in [5.74, 6) is 1.04. The second kappa shape index (κ2) is 8.44. The van der Waals surface area contributed by atoms with E-state index < -0.39 is 0 Å². The zero-order valence-corrected chi connectivity index (χ0v) is 15.0. The largest absolute Gasteiger partial charge is 0.290 e. The van der Waals surface area contributed by atoms with Crippen molar-refractivity contribution >= 4 is 17.9 Å². The highest BCUT2D eigenvalue weighted by atomic mass is 16.1. The minimum atomic E-state index is -0.00382. The molecular weight excluding hydrogens is 292 g/mol. The van der Waals surface area contributed by atoms with E-state index in [9.17, 15) is 4.79 Å². The van der Waals surface area contributed by atoms with Gasteiger partial charge in [-0.05, 0) is 46.2 Å². The average molecular weight is 318 g/mol. The average Bonchev–Trinajstić information content (AvgIpc) is 2.58. The Kier molecular flexibility index (Phi) is 6.31. The van der Waals surface area contributed by atoms with Gasteiger partial charge in [0.05, 0.1) is 0 Å². The molecule has 0 N–H and O–H groups in total. The summed E-state index contributed by atoms with van der Waals surface area (Å²) in [6.45, 7) is 8.69. The van der Waals surface area contributed by atoms with E-state index in [0.717, 1.165) is 11.1 Å². The SMILES string of the molecule is CC(C)c1ccc(C=CC(=O)C=Cc2ccc(C(C)C)cc2)cc1. The first-order valence-corrected chi connectivity index (χ1v) is 8.55. The van der Waals surface area contributed by atoms with Gasteiger partial charge in [-0.2, -0.15) is 0 Å². The summed E-state index contributed by atoms with van der Waals surface area (Å²) in [6, 6.07) is 16.6. The van der Waals surface area contributed by atoms with Gasteiger partial charge >= 0.3 is 0 Å². The molecule has 0 heterocycles. The number of ketones is 1. The van der Waals surface area contributed by atoms with Crippen LogP contribution in [0.2, 0.25) is 0 Å². The summed E-state index contributed by atoms with van der Waals surface area (Å²) in [6.07, 6.45) is 6.95. The molecule has 0 atom stereocenters. The van der Waals surface area contributed by atoms with Gasteiger partial charge in [-0.3, -0.25) is 4.79 Å². The molecule has 2 aromatic rings. The maximum Gasteiger partial charge on any atom is 0.178 e. The summed E-state index contributed by atoms with van der Waals surface area (Å²) in [7, 11) is 0. The van der Waals surface area contributed by atoms with Crippen LogP contribution in [-0.2, 0) is 4.79 Å². The highest BCUT2D eigenvalue weighted by Gasteiger charge is 1.99. The van der Waals surface area contributed by atoms with Gasteiger partial charge in [0.25, 0.3) is 0 Å². The number of hydrogen-bond donors (Lipinski definition) is 0. The molecule has 0 amide bonds. The Balaban J connectivity index is 1.96. The summed E-state index contributed by atoms with van der Waals surface area (Å²) in [5.41, 5.74) is 4.70. The Morgan fingerprint density at radius 3 is 1.29 bits per heavy atom. The predicted molar refractivity (Wildman–Crippen MR) is 104 cm³/mol. The molecule has 0 radical (unpaired) electrons. The fourth-order valence-electron chi connectivity index (χ4n) is 2.40. The quantitative estimate of drug-likeness (QED) is 0.577. The van der Waals surface area contributed by atoms with Crippen LogP contribution in [0.15, 0.2) is 60.7 Å². The van der Waals surface area contributed by atoms with E-state index in [4.69, 9.17) is 0 Å². The molecule has 0 bridgehead atoms. The molecule has 0 aromatic heterocycles. The molecule has 0 fully saturated rings. The highest BCUT2D eigenvalue weighted by Crippen LogP contribution is 2.16. The number of hydrogen-bond acceptors (Lipinski definition) is 1. The van der Waals surface area contributed by atoms with E-state index in [1.54, 1.807) is 12.2 Å². The van der Waals surface area contributed by atoms with Gasteiger partial charge in [0.1, 0.15) is 0 Å². The first kappa shape index (κ1) is 17.9. The molecule has 2 aromatic carbocycles. The van der Waals surface area contributed by atoms with E-state index in [0.29, 0.717) is 11.8 Å². The summed E-state index contributed by atoms with van der Waals surface area (Å²) >= 11 is 0. The molecule has 1 nitrogen and oxygen atoms in total. The van der Waals surface area contributed by atoms with Gasteiger partial charge in [-0.15, -0.1) is 0 Å². The smallest absolute Gasteiger partial charge is 0.178 e. The Bertz CT molecular complexity index is 650. The zero-order chi connectivity index (χ0) is 17.5. The monoisotopic (exact) mass is 318 g/mol. The molecule has 0 aliphatic heterocycles. The van der Waals surface area contributed by atoms with E-state index in [-0.39, 0.29) is 5.78 Å². The van der Waals surface area contributed by atoms with E-state index in [2.05, 4.69) is 52.0 Å². The second-order valence-electron chi connectivity index (χ2n) is 6.71. The first-order valence-electron chi connectivity index (χ1n) is 8.55. The third-order valence-electron chi connectivity index (χ3n) is 4.09. The fraction of sp³-hybridized carbons (Fsp3) is 0.261. The Hall–Kier alpha value is -2.41. The van der Waals surface area contributed by atoms with Gasteiger partial charge in [0, 0.05) is 0 Å². The molecule has 2 rings (SSSR count). The van der Waals surface area contributed by atoms with Crippen LogP contribution in [0.25, 0.3) is 12.2 Å². The van der Waals surface area contributed by atoms with Crippen LogP contribution in [0.3, 0.4) is 0 Å². The second-order valence-corrected chi connectivity index (χ2v) is 6.71. The topological polar surface area (TPSA) is 17.1 Å². The molecule has 24 heavy (non-hydrogen) atoms. The Morgan fingerprint density at radius 2 is 1.00 bits per heavy atom. The maximum absolute atomic E-state index is 12.0. The molecule has 1 heteroatoms. The van der Waals surface area contributed by atoms with Gasteiger partial charge in [-0.1, -0.05) is 88.4 Å². The van der Waals surface area contributed by atoms with Crippen LogP contribution >= 0.6 is 0 Å². The normalized spacial score (nSPS) is 11.9. The van der Waals surface area contributed by atoms with Gasteiger partial charge in [0.15, 0.2) is 5.78 Å². The van der Waals surface area contributed by atoms with Crippen LogP contribution in [-0.4, -0.2) is 5.78 Å². The number of benzene rings is 2. The molecular formula is C23H26O. The van der Waals surface area contributed by atoms with Crippen molar-refractivity contribution in [3.05, 3.63) is 82.9 Å². The lowest BCUT2D eigenvalue weighted by Crippen LogP contribution is -1.88. The van der Waals surface area contributed by atoms with Crippen LogP contribution in [0.1, 0.15) is 61.8 Å². The standard InChI is InChI=1S/C23H26O/c1-17(2)21-11-5-19(6-12-21)9-15-23(24)16-10-20-7-13-22(14-8-20)18(3)4/h5-18H,1-4H3. The fourth-order valence-corrected chi connectivity index (χ4v) is 2.40. The first-order chi connectivity index (χ1) is 11.5. The van der Waals surface area contributed by atoms with Crippen LogP contribution in [0.4, 0.5) is 0 Å². The predicted octanol–water partition coefficient (Wildman–Crippen LogP) is 6.23. The van der Waals surface area contributed by atoms with Crippen molar-refractivity contribution < 1.29 is 4.79 Å². The maximum atomic E-state index is 12.0. The summed E-state index contributed by atoms with van der Waals surface area (Å²) in [4.78, 5) is 12.0. The minimum Gasteiger partial charge on any atom is -0.290 e. The zero-order valence-electron chi connectivity index (χ0n) is 15.0. The van der Waals surface area contributed by atoms with Crippen molar-refractivity contribution in [2.24, 2.45) is 0 Å². The molecule has 0 saturated carbocycles. The number of allylic oxidation sites excluding steroid dienone is 2. The molecule has 0 aliphatic rings. The molecule has 124 valence electrons. The van der Waals surface area contributed by atoms with Crippen molar-refractivity contribution in [2.45, 2.75) is 39.5 Å². The summed E-state index contributed by atoms with van der Waals surface area (Å²) in [5, 5.41) is 0. The van der Waals surface area contributed by atoms with Gasteiger partial charge < -0.3 is 0 Å². The Morgan fingerprint density at radius 1 is 0.667 bits per heavy atom. The van der Waals surface area contributed by atoms with Crippen molar-refractivity contribution in [2.75, 3.05) is 0 Å². The Labute approximate surface area is 145 Å². The lowest BCUT2D eigenvalue weighted by atomic mass is 10.0. The highest BCUT2D eigenvalue weighted by molar-refractivity contribution is 6.04. The lowest BCUT2D eigenvalue weighted by molar-refractivity contribution is -0.110. The van der Waals surface area contributed by atoms with Gasteiger partial charge in [0.2, 0.25) is 0 Å². The third-order valence-corrected chi connectivity index (χ3v) is 4.09. The van der Waals surface area contributed by atoms with Crippen molar-refractivity contribution in [1.29, 1.82) is 0 Å². The van der Waals surface area contributed by atoms with Crippen molar-refractivity contribution in [3.8, 4) is 0 Å². The minimum absolute atomic E-state index is 0.00382. The van der Waals surface area contributed by atoms with Crippen molar-refractivity contribution in [3.63, 3.8) is 0 Å². The third kappa shape index (κ3) is 5.34. The molecule has 0 spiro atoms. The van der Waals surface area contributed by atoms with E-state index >= 15 is 0 Å². The van der Waals surface area contributed by atoms with E-state index in [1.807, 2.05) is 36.4 Å². The number of carbonyl (C=O) groups is 1. The lowest BCUT2D eigenvalue weighted by Gasteiger charge is -2.04. The van der Waals surface area contributed by atoms with Crippen LogP contribution in [0.5, 0.6) is 0 Å². The molecule has 0 aliphatic carbocycles. The number of carbonyl (C=O) groups excluding carboxylic acids is 1. The molecule has 0 unspecified atom stereocenters. The van der Waals surface area contributed by atoms with Crippen LogP contribution in [0, 0.1) is 0 Å². The van der Waals surface area contributed by atoms with Gasteiger partial charge in [-0.25, -0.2) is 0 Å².